The van der Waals surface area contributed by atoms with Crippen LogP contribution in [-0.4, -0.2) is 40.9 Å². The zero-order chi connectivity index (χ0) is 19.6. The van der Waals surface area contributed by atoms with Crippen LogP contribution < -0.4 is 0 Å². The molecule has 0 unspecified atom stereocenters. The van der Waals surface area contributed by atoms with Gasteiger partial charge < -0.3 is 9.30 Å². The lowest BCUT2D eigenvalue weighted by atomic mass is 10.2. The lowest BCUT2D eigenvalue weighted by Gasteiger charge is -2.11. The highest BCUT2D eigenvalue weighted by Crippen LogP contribution is 2.33. The Kier molecular flexibility index (Phi) is 5.82. The van der Waals surface area contributed by atoms with Crippen LogP contribution in [0.3, 0.4) is 0 Å². The quantitative estimate of drug-likeness (QED) is 0.547. The molecule has 2 amide bonds. The van der Waals surface area contributed by atoms with Gasteiger partial charge in [0.2, 0.25) is 0 Å². The van der Waals surface area contributed by atoms with E-state index in [2.05, 4.69) is 0 Å². The monoisotopic (exact) mass is 388 g/mol. The Labute approximate surface area is 161 Å². The normalized spacial score (nSPS) is 16.0. The molecule has 3 rings (SSSR count). The Balaban J connectivity index is 1.87. The molecule has 0 spiro atoms. The minimum atomic E-state index is -0.288. The van der Waals surface area contributed by atoms with Crippen LogP contribution >= 0.6 is 11.8 Å². The lowest BCUT2D eigenvalue weighted by Crippen LogP contribution is -2.29. The maximum Gasteiger partial charge on any atom is 0.293 e. The molecule has 7 heteroatoms. The van der Waals surface area contributed by atoms with Gasteiger partial charge in [-0.25, -0.2) is 4.39 Å². The summed E-state index contributed by atoms with van der Waals surface area (Å²) < 4.78 is 20.2. The molecule has 0 atom stereocenters. The van der Waals surface area contributed by atoms with Gasteiger partial charge in [-0.05, 0) is 74.0 Å². The predicted molar refractivity (Wildman–Crippen MR) is 104 cm³/mol. The standard InChI is InChI=1S/C20H21FN2O3S/c1-13-11-15(14(2)23(13)17-7-5-16(21)6-8-17)12-18-19(24)22(20(25)27-18)9-4-10-26-3/h5-8,11-12H,4,9-10H2,1-3H3/b18-12+. The molecular weight excluding hydrogens is 367 g/mol. The van der Waals surface area contributed by atoms with Gasteiger partial charge in [-0.1, -0.05) is 0 Å². The van der Waals surface area contributed by atoms with Gasteiger partial charge in [0.05, 0.1) is 4.91 Å². The number of rotatable bonds is 6. The van der Waals surface area contributed by atoms with Crippen LogP contribution in [0.2, 0.25) is 0 Å². The van der Waals surface area contributed by atoms with Gasteiger partial charge in [-0.15, -0.1) is 0 Å². The average Bonchev–Trinajstić information content (AvgIpc) is 3.06. The number of methoxy groups -OCH3 is 1. The van der Waals surface area contributed by atoms with Crippen molar-refractivity contribution in [3.8, 4) is 5.69 Å². The highest BCUT2D eigenvalue weighted by Gasteiger charge is 2.34. The SMILES string of the molecule is COCCCN1C(=O)S/C(=C/c2cc(C)n(-c3ccc(F)cc3)c2C)C1=O. The molecule has 2 aromatic rings. The van der Waals surface area contributed by atoms with E-state index in [1.54, 1.807) is 25.3 Å². The minimum Gasteiger partial charge on any atom is -0.385 e. The first-order chi connectivity index (χ1) is 12.9. The zero-order valence-electron chi connectivity index (χ0n) is 15.5. The van der Waals surface area contributed by atoms with Crippen LogP contribution in [0.15, 0.2) is 35.2 Å². The van der Waals surface area contributed by atoms with Crippen LogP contribution in [0.1, 0.15) is 23.4 Å². The largest absolute Gasteiger partial charge is 0.385 e. The number of amides is 2. The zero-order valence-corrected chi connectivity index (χ0v) is 16.3. The fraction of sp³-hybridized carbons (Fsp3) is 0.300. The fourth-order valence-electron chi connectivity index (χ4n) is 3.12. The molecule has 142 valence electrons. The first-order valence-corrected chi connectivity index (χ1v) is 9.43. The van der Waals surface area contributed by atoms with E-state index in [1.165, 1.54) is 17.0 Å². The molecule has 1 aromatic heterocycles. The molecule has 1 aliphatic heterocycles. The molecule has 1 fully saturated rings. The molecule has 0 N–H and O–H groups in total. The summed E-state index contributed by atoms with van der Waals surface area (Å²) in [5.41, 5.74) is 3.59. The van der Waals surface area contributed by atoms with E-state index < -0.39 is 0 Å². The summed E-state index contributed by atoms with van der Waals surface area (Å²) in [5.74, 6) is -0.559. The van der Waals surface area contributed by atoms with E-state index in [0.29, 0.717) is 24.5 Å². The molecule has 0 radical (unpaired) electrons. The Morgan fingerprint density at radius 3 is 2.56 bits per heavy atom. The van der Waals surface area contributed by atoms with Crippen molar-refractivity contribution in [2.75, 3.05) is 20.3 Å². The molecule has 0 saturated carbocycles. The van der Waals surface area contributed by atoms with Crippen molar-refractivity contribution < 1.29 is 18.7 Å². The van der Waals surface area contributed by atoms with E-state index in [1.807, 2.05) is 24.5 Å². The van der Waals surface area contributed by atoms with Gasteiger partial charge >= 0.3 is 0 Å². The van der Waals surface area contributed by atoms with Gasteiger partial charge in [0.1, 0.15) is 5.82 Å². The predicted octanol–water partition coefficient (Wildman–Crippen LogP) is 4.31. The molecular formula is C20H21FN2O3S. The van der Waals surface area contributed by atoms with Crippen molar-refractivity contribution in [3.05, 3.63) is 58.0 Å². The molecule has 0 aliphatic carbocycles. The summed E-state index contributed by atoms with van der Waals surface area (Å²) in [6.07, 6.45) is 2.37. The van der Waals surface area contributed by atoms with Crippen molar-refractivity contribution in [2.45, 2.75) is 20.3 Å². The van der Waals surface area contributed by atoms with E-state index in [4.69, 9.17) is 4.74 Å². The number of hydrogen-bond donors (Lipinski definition) is 0. The molecule has 27 heavy (non-hydrogen) atoms. The summed E-state index contributed by atoms with van der Waals surface area (Å²) in [6, 6.07) is 8.21. The first-order valence-electron chi connectivity index (χ1n) is 8.61. The third-order valence-electron chi connectivity index (χ3n) is 4.45. The second-order valence-electron chi connectivity index (χ2n) is 6.32. The van der Waals surface area contributed by atoms with Crippen molar-refractivity contribution in [1.29, 1.82) is 0 Å². The number of aryl methyl sites for hydroxylation is 1. The number of imide groups is 1. The smallest absolute Gasteiger partial charge is 0.293 e. The topological polar surface area (TPSA) is 51.5 Å². The molecule has 2 heterocycles. The Hall–Kier alpha value is -2.38. The van der Waals surface area contributed by atoms with Gasteiger partial charge in [0.25, 0.3) is 11.1 Å². The third kappa shape index (κ3) is 3.99. The van der Waals surface area contributed by atoms with Crippen LogP contribution in [0.25, 0.3) is 11.8 Å². The highest BCUT2D eigenvalue weighted by atomic mass is 32.2. The summed E-state index contributed by atoms with van der Waals surface area (Å²) in [7, 11) is 1.59. The summed E-state index contributed by atoms with van der Waals surface area (Å²) in [6.45, 7) is 4.74. The number of hydrogen-bond acceptors (Lipinski definition) is 4. The number of thioether (sulfide) groups is 1. The van der Waals surface area contributed by atoms with E-state index in [-0.39, 0.29) is 17.0 Å². The van der Waals surface area contributed by atoms with Crippen molar-refractivity contribution in [1.82, 2.24) is 9.47 Å². The van der Waals surface area contributed by atoms with E-state index in [0.717, 1.165) is 34.4 Å². The highest BCUT2D eigenvalue weighted by molar-refractivity contribution is 8.18. The number of halogens is 1. The molecule has 0 bridgehead atoms. The molecule has 1 aromatic carbocycles. The third-order valence-corrected chi connectivity index (χ3v) is 5.35. The van der Waals surface area contributed by atoms with Gasteiger partial charge in [-0.3, -0.25) is 14.5 Å². The Morgan fingerprint density at radius 1 is 1.19 bits per heavy atom. The van der Waals surface area contributed by atoms with Crippen LogP contribution in [-0.2, 0) is 9.53 Å². The first kappa shape index (κ1) is 19.4. The van der Waals surface area contributed by atoms with Gasteiger partial charge in [0.15, 0.2) is 0 Å². The second-order valence-corrected chi connectivity index (χ2v) is 7.31. The Morgan fingerprint density at radius 2 is 1.89 bits per heavy atom. The summed E-state index contributed by atoms with van der Waals surface area (Å²) in [4.78, 5) is 26.4. The number of nitrogens with zero attached hydrogens (tertiary/aromatic N) is 2. The van der Waals surface area contributed by atoms with Crippen molar-refractivity contribution >= 4 is 29.0 Å². The maximum atomic E-state index is 13.2. The molecule has 1 saturated heterocycles. The van der Waals surface area contributed by atoms with Crippen molar-refractivity contribution in [3.63, 3.8) is 0 Å². The maximum absolute atomic E-state index is 13.2. The molecule has 5 nitrogen and oxygen atoms in total. The number of aromatic nitrogens is 1. The second kappa shape index (κ2) is 8.10. The summed E-state index contributed by atoms with van der Waals surface area (Å²) in [5, 5.41) is -0.255. The molecule has 1 aliphatic rings. The average molecular weight is 388 g/mol. The Bertz CT molecular complexity index is 903. The fourth-order valence-corrected chi connectivity index (χ4v) is 3.98. The number of ether oxygens (including phenoxy) is 1. The van der Waals surface area contributed by atoms with Gasteiger partial charge in [-0.2, -0.15) is 0 Å². The minimum absolute atomic E-state index is 0.255. The number of benzene rings is 1. The van der Waals surface area contributed by atoms with Crippen LogP contribution in [0.4, 0.5) is 9.18 Å². The van der Waals surface area contributed by atoms with Crippen molar-refractivity contribution in [2.24, 2.45) is 0 Å². The van der Waals surface area contributed by atoms with Gasteiger partial charge in [0, 0.05) is 37.3 Å². The summed E-state index contributed by atoms with van der Waals surface area (Å²) >= 11 is 0.955. The lowest BCUT2D eigenvalue weighted by molar-refractivity contribution is -0.122. The van der Waals surface area contributed by atoms with E-state index >= 15 is 0 Å². The van der Waals surface area contributed by atoms with E-state index in [9.17, 15) is 14.0 Å². The number of carbonyl (C=O) groups excluding carboxylic acids is 2. The van der Waals surface area contributed by atoms with Crippen LogP contribution in [0.5, 0.6) is 0 Å². The van der Waals surface area contributed by atoms with Crippen LogP contribution in [0, 0.1) is 19.7 Å². The number of carbonyl (C=O) groups is 2.